The fourth-order valence-corrected chi connectivity index (χ4v) is 3.43. The zero-order valence-electron chi connectivity index (χ0n) is 15.5. The Morgan fingerprint density at radius 1 is 1.27 bits per heavy atom. The number of amides is 1. The van der Waals surface area contributed by atoms with Crippen LogP contribution in [0.15, 0.2) is 36.4 Å². The van der Waals surface area contributed by atoms with Gasteiger partial charge in [0.15, 0.2) is 5.82 Å². The second-order valence-electron chi connectivity index (χ2n) is 7.43. The van der Waals surface area contributed by atoms with E-state index in [1.165, 1.54) is 0 Å². The van der Waals surface area contributed by atoms with E-state index in [-0.39, 0.29) is 11.9 Å². The second kappa shape index (κ2) is 7.62. The summed E-state index contributed by atoms with van der Waals surface area (Å²) < 4.78 is 0. The molecular weight excluding hydrogens is 348 g/mol. The van der Waals surface area contributed by atoms with Crippen LogP contribution in [-0.2, 0) is 10.2 Å². The van der Waals surface area contributed by atoms with Crippen LogP contribution in [0.3, 0.4) is 0 Å². The molecule has 1 saturated heterocycles. The van der Waals surface area contributed by atoms with Crippen molar-refractivity contribution in [3.05, 3.63) is 52.7 Å². The molecule has 0 radical (unpaired) electrons. The molecule has 6 heteroatoms. The van der Waals surface area contributed by atoms with Crippen molar-refractivity contribution in [2.24, 2.45) is 0 Å². The molecule has 1 unspecified atom stereocenters. The Hall–Kier alpha value is -2.14. The lowest BCUT2D eigenvalue weighted by molar-refractivity contribution is -0.126. The molecule has 1 aromatic heterocycles. The maximum atomic E-state index is 12.9. The highest BCUT2D eigenvalue weighted by Gasteiger charge is 2.32. The number of nitrogens with one attached hydrogen (secondary N) is 1. The van der Waals surface area contributed by atoms with E-state index in [1.807, 2.05) is 57.2 Å². The molecule has 1 N–H and O–H groups in total. The lowest BCUT2D eigenvalue weighted by atomic mass is 9.83. The molecule has 0 bridgehead atoms. The summed E-state index contributed by atoms with van der Waals surface area (Å²) in [7, 11) is 0. The molecule has 2 heterocycles. The molecule has 1 fully saturated rings. The first-order valence-corrected chi connectivity index (χ1v) is 9.36. The highest BCUT2D eigenvalue weighted by Crippen LogP contribution is 2.26. The largest absolute Gasteiger partial charge is 0.353 e. The predicted octanol–water partition coefficient (Wildman–Crippen LogP) is 3.50. The van der Waals surface area contributed by atoms with E-state index in [4.69, 9.17) is 11.6 Å². The highest BCUT2D eigenvalue weighted by molar-refractivity contribution is 6.30. The number of piperidine rings is 1. The van der Waals surface area contributed by atoms with E-state index >= 15 is 0 Å². The van der Waals surface area contributed by atoms with Gasteiger partial charge in [0.1, 0.15) is 0 Å². The molecule has 1 aromatic carbocycles. The highest BCUT2D eigenvalue weighted by atomic mass is 35.5. The number of halogens is 1. The minimum absolute atomic E-state index is 0.0154. The van der Waals surface area contributed by atoms with Crippen molar-refractivity contribution in [1.29, 1.82) is 0 Å². The van der Waals surface area contributed by atoms with Gasteiger partial charge in [-0.05, 0) is 63.4 Å². The molecule has 0 saturated carbocycles. The number of aromatic nitrogens is 2. The Bertz CT molecular complexity index is 776. The topological polar surface area (TPSA) is 58.1 Å². The van der Waals surface area contributed by atoms with Crippen molar-refractivity contribution in [3.8, 4) is 0 Å². The van der Waals surface area contributed by atoms with Crippen LogP contribution in [0.4, 0.5) is 5.82 Å². The number of anilines is 1. The SMILES string of the molecule is Cc1ccc(N2CCCC(NC(=O)C(C)(C)c3cccc(Cl)c3)C2)nn1. The first-order chi connectivity index (χ1) is 12.4. The minimum Gasteiger partial charge on any atom is -0.353 e. The smallest absolute Gasteiger partial charge is 0.230 e. The van der Waals surface area contributed by atoms with E-state index in [1.54, 1.807) is 0 Å². The van der Waals surface area contributed by atoms with Gasteiger partial charge in [-0.25, -0.2) is 0 Å². The van der Waals surface area contributed by atoms with Crippen molar-refractivity contribution in [1.82, 2.24) is 15.5 Å². The molecule has 5 nitrogen and oxygen atoms in total. The summed E-state index contributed by atoms with van der Waals surface area (Å²) in [4.78, 5) is 15.1. The van der Waals surface area contributed by atoms with Crippen molar-refractivity contribution in [2.45, 2.75) is 45.1 Å². The van der Waals surface area contributed by atoms with Crippen molar-refractivity contribution in [3.63, 3.8) is 0 Å². The monoisotopic (exact) mass is 372 g/mol. The fourth-order valence-electron chi connectivity index (χ4n) is 3.24. The Labute approximate surface area is 159 Å². The van der Waals surface area contributed by atoms with Gasteiger partial charge < -0.3 is 10.2 Å². The van der Waals surface area contributed by atoms with Crippen LogP contribution in [0, 0.1) is 6.92 Å². The average molecular weight is 373 g/mol. The lowest BCUT2D eigenvalue weighted by Gasteiger charge is -2.35. The van der Waals surface area contributed by atoms with Gasteiger partial charge in [-0.3, -0.25) is 4.79 Å². The van der Waals surface area contributed by atoms with E-state index in [9.17, 15) is 4.79 Å². The lowest BCUT2D eigenvalue weighted by Crippen LogP contribution is -2.52. The number of nitrogens with zero attached hydrogens (tertiary/aromatic N) is 3. The number of hydrogen-bond acceptors (Lipinski definition) is 4. The summed E-state index contributed by atoms with van der Waals surface area (Å²) >= 11 is 6.09. The average Bonchev–Trinajstić information content (AvgIpc) is 2.62. The molecule has 1 aliphatic rings. The Kier molecular flexibility index (Phi) is 5.47. The Balaban J connectivity index is 1.67. The number of carbonyl (C=O) groups excluding carboxylic acids is 1. The first-order valence-electron chi connectivity index (χ1n) is 8.98. The fraction of sp³-hybridized carbons (Fsp3) is 0.450. The van der Waals surface area contributed by atoms with Crippen LogP contribution < -0.4 is 10.2 Å². The summed E-state index contributed by atoms with van der Waals surface area (Å²) in [6.45, 7) is 7.46. The maximum Gasteiger partial charge on any atom is 0.230 e. The molecule has 1 amide bonds. The standard InChI is InChI=1S/C20H25ClN4O/c1-14-9-10-18(24-23-14)25-11-5-8-17(13-25)22-19(26)20(2,3)15-6-4-7-16(21)12-15/h4,6-7,9-10,12,17H,5,8,11,13H2,1-3H3,(H,22,26). The predicted molar refractivity (Wildman–Crippen MR) is 105 cm³/mol. The molecule has 138 valence electrons. The Morgan fingerprint density at radius 3 is 2.77 bits per heavy atom. The van der Waals surface area contributed by atoms with E-state index in [0.29, 0.717) is 5.02 Å². The van der Waals surface area contributed by atoms with Crippen molar-refractivity contribution < 1.29 is 4.79 Å². The van der Waals surface area contributed by atoms with Crippen LogP contribution in [0.25, 0.3) is 0 Å². The third kappa shape index (κ3) is 4.15. The molecular formula is C20H25ClN4O. The van der Waals surface area contributed by atoms with Gasteiger partial charge in [0.25, 0.3) is 0 Å². The van der Waals surface area contributed by atoms with Crippen LogP contribution in [0.1, 0.15) is 37.9 Å². The minimum atomic E-state index is -0.642. The normalized spacial score (nSPS) is 17.8. The van der Waals surface area contributed by atoms with Gasteiger partial charge in [0.2, 0.25) is 5.91 Å². The summed E-state index contributed by atoms with van der Waals surface area (Å²) in [5, 5.41) is 12.3. The van der Waals surface area contributed by atoms with Gasteiger partial charge in [-0.1, -0.05) is 23.7 Å². The third-order valence-electron chi connectivity index (χ3n) is 4.98. The van der Waals surface area contributed by atoms with Crippen LogP contribution in [0.5, 0.6) is 0 Å². The summed E-state index contributed by atoms with van der Waals surface area (Å²) in [5.74, 6) is 0.880. The molecule has 3 rings (SSSR count). The zero-order valence-corrected chi connectivity index (χ0v) is 16.3. The van der Waals surface area contributed by atoms with Gasteiger partial charge in [-0.2, -0.15) is 5.10 Å². The quantitative estimate of drug-likeness (QED) is 0.892. The zero-order chi connectivity index (χ0) is 18.7. The number of benzene rings is 1. The molecule has 0 spiro atoms. The molecule has 2 aromatic rings. The molecule has 0 aliphatic carbocycles. The molecule has 1 aliphatic heterocycles. The first kappa shape index (κ1) is 18.6. The van der Waals surface area contributed by atoms with Gasteiger partial charge in [0, 0.05) is 24.2 Å². The van der Waals surface area contributed by atoms with Gasteiger partial charge in [-0.15, -0.1) is 5.10 Å². The molecule has 26 heavy (non-hydrogen) atoms. The Morgan fingerprint density at radius 2 is 2.08 bits per heavy atom. The van der Waals surface area contributed by atoms with E-state index < -0.39 is 5.41 Å². The van der Waals surface area contributed by atoms with E-state index in [0.717, 1.165) is 43.0 Å². The van der Waals surface area contributed by atoms with Gasteiger partial charge >= 0.3 is 0 Å². The second-order valence-corrected chi connectivity index (χ2v) is 7.86. The van der Waals surface area contributed by atoms with Crippen LogP contribution >= 0.6 is 11.6 Å². The van der Waals surface area contributed by atoms with E-state index in [2.05, 4.69) is 20.4 Å². The summed E-state index contributed by atoms with van der Waals surface area (Å²) in [6, 6.07) is 11.6. The summed E-state index contributed by atoms with van der Waals surface area (Å²) in [5.41, 5.74) is 1.18. The number of carbonyl (C=O) groups is 1. The van der Waals surface area contributed by atoms with Crippen molar-refractivity contribution >= 4 is 23.3 Å². The summed E-state index contributed by atoms with van der Waals surface area (Å²) in [6.07, 6.45) is 1.98. The maximum absolute atomic E-state index is 12.9. The van der Waals surface area contributed by atoms with Gasteiger partial charge in [0.05, 0.1) is 11.1 Å². The molecule has 1 atom stereocenters. The van der Waals surface area contributed by atoms with Crippen molar-refractivity contribution in [2.75, 3.05) is 18.0 Å². The number of rotatable bonds is 4. The number of hydrogen-bond donors (Lipinski definition) is 1. The van der Waals surface area contributed by atoms with Crippen LogP contribution in [0.2, 0.25) is 5.02 Å². The number of aryl methyl sites for hydroxylation is 1. The van der Waals surface area contributed by atoms with Crippen LogP contribution in [-0.4, -0.2) is 35.2 Å². The third-order valence-corrected chi connectivity index (χ3v) is 5.21.